The summed E-state index contributed by atoms with van der Waals surface area (Å²) >= 11 is 0. The highest BCUT2D eigenvalue weighted by molar-refractivity contribution is 6.38. The van der Waals surface area contributed by atoms with E-state index >= 15 is 0 Å². The predicted octanol–water partition coefficient (Wildman–Crippen LogP) is 5.91. The lowest BCUT2D eigenvalue weighted by atomic mass is 9.93. The number of carbonyl (C=O) groups excluding carboxylic acids is 1. The Bertz CT molecular complexity index is 1400. The average Bonchev–Trinajstić information content (AvgIpc) is 2.96. The Hall–Kier alpha value is -4.89. The standard InChI is InChI=1S/C31H29N3O3/c1-5-22(3)28-19-24(29(34-32)20-33-25-15-11-8-12-16-25)17-18-27(28)30(26(6-2)31(35)36-4)37-21-23-13-9-7-10-14-23/h2,5,7-20H,21,32H2,1,3-4H3/b22-5-,30-26-,33-20?,34-29+. The van der Waals surface area contributed by atoms with Gasteiger partial charge >= 0.3 is 5.97 Å². The van der Waals surface area contributed by atoms with Gasteiger partial charge in [-0.25, -0.2) is 4.79 Å². The van der Waals surface area contributed by atoms with Gasteiger partial charge < -0.3 is 15.3 Å². The fourth-order valence-electron chi connectivity index (χ4n) is 3.55. The third-order valence-electron chi connectivity index (χ3n) is 5.64. The van der Waals surface area contributed by atoms with E-state index < -0.39 is 5.97 Å². The van der Waals surface area contributed by atoms with Crippen molar-refractivity contribution in [1.29, 1.82) is 0 Å². The lowest BCUT2D eigenvalue weighted by molar-refractivity contribution is -0.135. The highest BCUT2D eigenvalue weighted by Crippen LogP contribution is 2.31. The first-order chi connectivity index (χ1) is 18.0. The van der Waals surface area contributed by atoms with Crippen LogP contribution in [-0.4, -0.2) is 25.0 Å². The van der Waals surface area contributed by atoms with Crippen LogP contribution in [0.25, 0.3) is 11.3 Å². The molecule has 0 amide bonds. The van der Waals surface area contributed by atoms with Crippen LogP contribution < -0.4 is 5.84 Å². The minimum absolute atomic E-state index is 0.00492. The van der Waals surface area contributed by atoms with Crippen LogP contribution in [0.3, 0.4) is 0 Å². The molecule has 0 heterocycles. The van der Waals surface area contributed by atoms with E-state index in [0.717, 1.165) is 28.0 Å². The molecule has 0 saturated carbocycles. The Morgan fingerprint density at radius 3 is 2.30 bits per heavy atom. The van der Waals surface area contributed by atoms with Crippen molar-refractivity contribution in [2.24, 2.45) is 15.9 Å². The van der Waals surface area contributed by atoms with E-state index in [9.17, 15) is 4.79 Å². The van der Waals surface area contributed by atoms with Gasteiger partial charge in [0.05, 0.1) is 19.0 Å². The second-order valence-corrected chi connectivity index (χ2v) is 7.95. The molecule has 0 radical (unpaired) electrons. The van der Waals surface area contributed by atoms with Gasteiger partial charge in [0.1, 0.15) is 12.3 Å². The van der Waals surface area contributed by atoms with Crippen LogP contribution in [0.5, 0.6) is 0 Å². The Morgan fingerprint density at radius 1 is 1.03 bits per heavy atom. The van der Waals surface area contributed by atoms with E-state index in [0.29, 0.717) is 11.3 Å². The zero-order chi connectivity index (χ0) is 26.6. The second kappa shape index (κ2) is 13.3. The van der Waals surface area contributed by atoms with Gasteiger partial charge in [-0.15, -0.1) is 6.42 Å². The lowest BCUT2D eigenvalue weighted by Gasteiger charge is -2.18. The molecule has 3 aromatic rings. The van der Waals surface area contributed by atoms with Gasteiger partial charge in [-0.2, -0.15) is 5.10 Å². The van der Waals surface area contributed by atoms with Crippen LogP contribution in [-0.2, 0) is 20.9 Å². The van der Waals surface area contributed by atoms with Crippen molar-refractivity contribution >= 4 is 34.9 Å². The van der Waals surface area contributed by atoms with Crippen LogP contribution in [0, 0.1) is 12.3 Å². The Kier molecular flexibility index (Phi) is 9.58. The Morgan fingerprint density at radius 2 is 1.70 bits per heavy atom. The van der Waals surface area contributed by atoms with Crippen LogP contribution >= 0.6 is 0 Å². The molecular formula is C31H29N3O3. The highest BCUT2D eigenvalue weighted by atomic mass is 16.5. The molecule has 6 heteroatoms. The predicted molar refractivity (Wildman–Crippen MR) is 150 cm³/mol. The van der Waals surface area contributed by atoms with Gasteiger partial charge in [-0.1, -0.05) is 66.6 Å². The summed E-state index contributed by atoms with van der Waals surface area (Å²) in [5.74, 6) is 7.78. The molecule has 6 nitrogen and oxygen atoms in total. The molecule has 0 aromatic heterocycles. The molecule has 0 unspecified atom stereocenters. The molecule has 37 heavy (non-hydrogen) atoms. The maximum Gasteiger partial charge on any atom is 0.350 e. The van der Waals surface area contributed by atoms with E-state index in [2.05, 4.69) is 16.0 Å². The molecule has 3 rings (SSSR count). The zero-order valence-corrected chi connectivity index (χ0v) is 21.1. The average molecular weight is 492 g/mol. The third-order valence-corrected chi connectivity index (χ3v) is 5.64. The van der Waals surface area contributed by atoms with Crippen molar-refractivity contribution < 1.29 is 14.3 Å². The summed E-state index contributed by atoms with van der Waals surface area (Å²) in [5, 5.41) is 3.94. The zero-order valence-electron chi connectivity index (χ0n) is 21.1. The topological polar surface area (TPSA) is 86.3 Å². The molecule has 0 aliphatic carbocycles. The normalized spacial score (nSPS) is 12.6. The first kappa shape index (κ1) is 26.7. The SMILES string of the molecule is C#C/C(C(=O)OC)=C(/OCc1ccccc1)c1ccc(/C(C=Nc2ccccc2)=N/N)cc1/C(C)=C\C. The maximum absolute atomic E-state index is 12.6. The summed E-state index contributed by atoms with van der Waals surface area (Å²) < 4.78 is 11.1. The number of rotatable bonds is 9. The summed E-state index contributed by atoms with van der Waals surface area (Å²) in [7, 11) is 1.28. The molecule has 3 aromatic carbocycles. The number of nitrogens with zero attached hydrogens (tertiary/aromatic N) is 2. The minimum Gasteiger partial charge on any atom is -0.487 e. The summed E-state index contributed by atoms with van der Waals surface area (Å²) in [4.78, 5) is 17.1. The maximum atomic E-state index is 12.6. The van der Waals surface area contributed by atoms with Crippen LogP contribution in [0.4, 0.5) is 5.69 Å². The van der Waals surface area contributed by atoms with Crippen molar-refractivity contribution in [3.63, 3.8) is 0 Å². The first-order valence-electron chi connectivity index (χ1n) is 11.6. The van der Waals surface area contributed by atoms with Crippen molar-refractivity contribution in [3.05, 3.63) is 113 Å². The second-order valence-electron chi connectivity index (χ2n) is 7.95. The Labute approximate surface area is 217 Å². The van der Waals surface area contributed by atoms with E-state index in [-0.39, 0.29) is 17.9 Å². The van der Waals surface area contributed by atoms with Gasteiger partial charge in [-0.3, -0.25) is 4.99 Å². The number of hydrazone groups is 1. The molecule has 0 saturated heterocycles. The van der Waals surface area contributed by atoms with Crippen LogP contribution in [0.1, 0.15) is 36.1 Å². The fourth-order valence-corrected chi connectivity index (χ4v) is 3.55. The van der Waals surface area contributed by atoms with E-state index in [1.54, 1.807) is 6.21 Å². The van der Waals surface area contributed by atoms with Crippen molar-refractivity contribution in [1.82, 2.24) is 0 Å². The molecular weight excluding hydrogens is 462 g/mol. The largest absolute Gasteiger partial charge is 0.487 e. The number of para-hydroxylation sites is 1. The van der Waals surface area contributed by atoms with E-state index in [4.69, 9.17) is 21.7 Å². The molecule has 0 aliphatic rings. The lowest BCUT2D eigenvalue weighted by Crippen LogP contribution is -2.11. The molecule has 0 atom stereocenters. The van der Waals surface area contributed by atoms with Crippen LogP contribution in [0.15, 0.2) is 101 Å². The summed E-state index contributed by atoms with van der Waals surface area (Å²) in [5.41, 5.74) is 5.31. The van der Waals surface area contributed by atoms with Gasteiger partial charge in [0.15, 0.2) is 11.3 Å². The number of terminal acetylenes is 1. The number of hydrogen-bond donors (Lipinski definition) is 1. The number of methoxy groups -OCH3 is 1. The highest BCUT2D eigenvalue weighted by Gasteiger charge is 2.21. The summed E-state index contributed by atoms with van der Waals surface area (Å²) in [6, 6.07) is 24.7. The monoisotopic (exact) mass is 491 g/mol. The third kappa shape index (κ3) is 6.83. The molecule has 2 N–H and O–H groups in total. The van der Waals surface area contributed by atoms with Gasteiger partial charge in [0.25, 0.3) is 0 Å². The summed E-state index contributed by atoms with van der Waals surface area (Å²) in [6.45, 7) is 4.10. The number of allylic oxidation sites excluding steroid dienone is 2. The number of hydrogen-bond acceptors (Lipinski definition) is 6. The number of benzene rings is 3. The van der Waals surface area contributed by atoms with Gasteiger partial charge in [0.2, 0.25) is 0 Å². The molecule has 0 bridgehead atoms. The van der Waals surface area contributed by atoms with Crippen molar-refractivity contribution in [2.45, 2.75) is 20.5 Å². The molecule has 0 aliphatic heterocycles. The number of nitrogens with two attached hydrogens (primary N) is 1. The fraction of sp³-hybridized carbons (Fsp3) is 0.129. The molecule has 0 fully saturated rings. The van der Waals surface area contributed by atoms with Crippen molar-refractivity contribution in [3.8, 4) is 12.3 Å². The number of aliphatic imine (C=N–C) groups is 1. The van der Waals surface area contributed by atoms with E-state index in [1.165, 1.54) is 7.11 Å². The van der Waals surface area contributed by atoms with Crippen molar-refractivity contribution in [2.75, 3.05) is 7.11 Å². The van der Waals surface area contributed by atoms with E-state index in [1.807, 2.05) is 98.8 Å². The minimum atomic E-state index is -0.655. The number of carbonyl (C=O) groups is 1. The Balaban J connectivity index is 2.12. The van der Waals surface area contributed by atoms with Crippen LogP contribution in [0.2, 0.25) is 0 Å². The van der Waals surface area contributed by atoms with Gasteiger partial charge in [-0.05, 0) is 54.8 Å². The number of esters is 1. The molecule has 0 spiro atoms. The quantitative estimate of drug-likeness (QED) is 0.0767. The number of ether oxygens (including phenoxy) is 2. The summed E-state index contributed by atoms with van der Waals surface area (Å²) in [6.07, 6.45) is 9.33. The smallest absolute Gasteiger partial charge is 0.350 e. The van der Waals surface area contributed by atoms with Gasteiger partial charge in [0, 0.05) is 11.1 Å². The molecule has 186 valence electrons. The first-order valence-corrected chi connectivity index (χ1v) is 11.6.